The van der Waals surface area contributed by atoms with Crippen molar-refractivity contribution in [3.8, 4) is 0 Å². The van der Waals surface area contributed by atoms with Crippen molar-refractivity contribution in [1.29, 1.82) is 0 Å². The number of nitrogens with two attached hydrogens (primary N) is 2. The number of benzene rings is 2. The number of nitrogens with one attached hydrogen (secondary N) is 2. The fourth-order valence-electron chi connectivity index (χ4n) is 3.47. The summed E-state index contributed by atoms with van der Waals surface area (Å²) < 4.78 is 13.3. The molecule has 0 bridgehead atoms. The van der Waals surface area contributed by atoms with Crippen LogP contribution in [0.4, 0.5) is 10.1 Å². The standard InChI is InChI=1S/C23H27FN4/c1-16(27-20-9-5-8-19(24)15-20)18-10-11-21(14-18)28-23(26)13-12-22(25)17-6-3-2-4-7-17/h2-9,12-13,15,18,21,27-28H,1,10-11,14,25-26H2/b22-12-,23-13+. The van der Waals surface area contributed by atoms with Crippen molar-refractivity contribution in [3.63, 3.8) is 0 Å². The Balaban J connectivity index is 1.51. The zero-order valence-corrected chi connectivity index (χ0v) is 15.9. The smallest absolute Gasteiger partial charge is 0.125 e. The van der Waals surface area contributed by atoms with E-state index in [1.54, 1.807) is 12.1 Å². The Bertz CT molecular complexity index is 873. The number of allylic oxidation sites excluding steroid dienone is 3. The van der Waals surface area contributed by atoms with Gasteiger partial charge in [0.15, 0.2) is 0 Å². The fraction of sp³-hybridized carbons (Fsp3) is 0.217. The van der Waals surface area contributed by atoms with Crippen molar-refractivity contribution in [2.75, 3.05) is 5.32 Å². The van der Waals surface area contributed by atoms with Crippen LogP contribution >= 0.6 is 0 Å². The van der Waals surface area contributed by atoms with Crippen molar-refractivity contribution in [3.05, 3.63) is 96.2 Å². The summed E-state index contributed by atoms with van der Waals surface area (Å²) in [6.07, 6.45) is 6.55. The molecule has 0 radical (unpaired) electrons. The van der Waals surface area contributed by atoms with Crippen molar-refractivity contribution in [1.82, 2.24) is 5.32 Å². The van der Waals surface area contributed by atoms with E-state index in [9.17, 15) is 4.39 Å². The highest BCUT2D eigenvalue weighted by molar-refractivity contribution is 5.64. The molecule has 1 saturated carbocycles. The van der Waals surface area contributed by atoms with Gasteiger partial charge in [-0.25, -0.2) is 4.39 Å². The molecular formula is C23H27FN4. The Hall–Kier alpha value is -3.21. The van der Waals surface area contributed by atoms with E-state index in [-0.39, 0.29) is 11.9 Å². The molecule has 2 unspecified atom stereocenters. The lowest BCUT2D eigenvalue weighted by molar-refractivity contribution is 0.556. The third-order valence-corrected chi connectivity index (χ3v) is 4.98. The molecule has 3 rings (SSSR count). The zero-order chi connectivity index (χ0) is 19.9. The first-order valence-electron chi connectivity index (χ1n) is 9.47. The molecule has 4 nitrogen and oxygen atoms in total. The van der Waals surface area contributed by atoms with Gasteiger partial charge in [0.05, 0.1) is 5.82 Å². The predicted octanol–water partition coefficient (Wildman–Crippen LogP) is 4.31. The van der Waals surface area contributed by atoms with Crippen molar-refractivity contribution in [2.24, 2.45) is 17.4 Å². The van der Waals surface area contributed by atoms with Crippen LogP contribution in [0, 0.1) is 11.7 Å². The lowest BCUT2D eigenvalue weighted by atomic mass is 10.0. The van der Waals surface area contributed by atoms with Gasteiger partial charge in [-0.2, -0.15) is 0 Å². The summed E-state index contributed by atoms with van der Waals surface area (Å²) in [5, 5.41) is 6.58. The highest BCUT2D eigenvalue weighted by Crippen LogP contribution is 2.31. The Morgan fingerprint density at radius 1 is 1.04 bits per heavy atom. The van der Waals surface area contributed by atoms with Gasteiger partial charge in [-0.1, -0.05) is 43.0 Å². The molecule has 28 heavy (non-hydrogen) atoms. The first-order valence-corrected chi connectivity index (χ1v) is 9.47. The van der Waals surface area contributed by atoms with E-state index in [0.717, 1.165) is 36.2 Å². The average Bonchev–Trinajstić information content (AvgIpc) is 3.15. The number of hydrogen-bond acceptors (Lipinski definition) is 4. The average molecular weight is 378 g/mol. The van der Waals surface area contributed by atoms with Crippen LogP contribution in [0.1, 0.15) is 24.8 Å². The van der Waals surface area contributed by atoms with Crippen molar-refractivity contribution in [2.45, 2.75) is 25.3 Å². The largest absolute Gasteiger partial charge is 0.398 e. The molecule has 0 spiro atoms. The van der Waals surface area contributed by atoms with Crippen LogP contribution in [0.3, 0.4) is 0 Å². The summed E-state index contributed by atoms with van der Waals surface area (Å²) >= 11 is 0. The number of halogens is 1. The Morgan fingerprint density at radius 3 is 2.57 bits per heavy atom. The second-order valence-corrected chi connectivity index (χ2v) is 7.12. The minimum absolute atomic E-state index is 0.260. The molecule has 0 aromatic heterocycles. The minimum atomic E-state index is -0.260. The van der Waals surface area contributed by atoms with Gasteiger partial charge < -0.3 is 22.1 Å². The number of anilines is 1. The van der Waals surface area contributed by atoms with Crippen LogP contribution in [-0.4, -0.2) is 6.04 Å². The second kappa shape index (κ2) is 9.13. The SMILES string of the molecule is C=C(Nc1cccc(F)c1)C1CCC(N/C(N)=C/C=C(\N)c2ccccc2)C1. The van der Waals surface area contributed by atoms with Gasteiger partial charge in [0.1, 0.15) is 5.82 Å². The zero-order valence-electron chi connectivity index (χ0n) is 15.9. The summed E-state index contributed by atoms with van der Waals surface area (Å²) in [4.78, 5) is 0. The predicted molar refractivity (Wildman–Crippen MR) is 114 cm³/mol. The summed E-state index contributed by atoms with van der Waals surface area (Å²) in [6.45, 7) is 4.14. The Morgan fingerprint density at radius 2 is 1.82 bits per heavy atom. The first kappa shape index (κ1) is 19.5. The lowest BCUT2D eigenvalue weighted by Crippen LogP contribution is -2.30. The fourth-order valence-corrected chi connectivity index (χ4v) is 3.47. The van der Waals surface area contributed by atoms with Gasteiger partial charge in [0.2, 0.25) is 0 Å². The summed E-state index contributed by atoms with van der Waals surface area (Å²) in [7, 11) is 0. The van der Waals surface area contributed by atoms with Crippen molar-refractivity contribution >= 4 is 11.4 Å². The minimum Gasteiger partial charge on any atom is -0.398 e. The van der Waals surface area contributed by atoms with Crippen LogP contribution < -0.4 is 22.1 Å². The van der Waals surface area contributed by atoms with Crippen LogP contribution in [-0.2, 0) is 0 Å². The highest BCUT2D eigenvalue weighted by Gasteiger charge is 2.26. The van der Waals surface area contributed by atoms with E-state index in [4.69, 9.17) is 11.5 Å². The van der Waals surface area contributed by atoms with Gasteiger partial charge in [-0.15, -0.1) is 0 Å². The van der Waals surface area contributed by atoms with Crippen LogP contribution in [0.5, 0.6) is 0 Å². The molecule has 0 aliphatic heterocycles. The van der Waals surface area contributed by atoms with Crippen molar-refractivity contribution < 1.29 is 4.39 Å². The van der Waals surface area contributed by atoms with Crippen LogP contribution in [0.25, 0.3) is 5.70 Å². The monoisotopic (exact) mass is 378 g/mol. The maximum absolute atomic E-state index is 13.3. The molecule has 1 aliphatic carbocycles. The van der Waals surface area contributed by atoms with E-state index < -0.39 is 0 Å². The topological polar surface area (TPSA) is 76.1 Å². The van der Waals surface area contributed by atoms with Gasteiger partial charge in [-0.05, 0) is 55.2 Å². The third-order valence-electron chi connectivity index (χ3n) is 4.98. The van der Waals surface area contributed by atoms with E-state index >= 15 is 0 Å². The summed E-state index contributed by atoms with van der Waals surface area (Å²) in [6, 6.07) is 16.5. The van der Waals surface area contributed by atoms with Crippen LogP contribution in [0.2, 0.25) is 0 Å². The summed E-state index contributed by atoms with van der Waals surface area (Å²) in [5.74, 6) is 0.649. The van der Waals surface area contributed by atoms with Gasteiger partial charge in [0, 0.05) is 29.0 Å². The molecule has 1 fully saturated rings. The lowest BCUT2D eigenvalue weighted by Gasteiger charge is -2.17. The Kier molecular flexibility index (Phi) is 6.37. The molecule has 2 aromatic rings. The molecular weight excluding hydrogens is 351 g/mol. The quantitative estimate of drug-likeness (QED) is 0.542. The van der Waals surface area contributed by atoms with Crippen LogP contribution in [0.15, 0.2) is 84.8 Å². The molecule has 1 aliphatic rings. The first-order chi connectivity index (χ1) is 13.5. The maximum atomic E-state index is 13.3. The van der Waals surface area contributed by atoms with Gasteiger partial charge in [0.25, 0.3) is 0 Å². The maximum Gasteiger partial charge on any atom is 0.125 e. The second-order valence-electron chi connectivity index (χ2n) is 7.12. The third kappa shape index (κ3) is 5.39. The summed E-state index contributed by atoms with van der Waals surface area (Å²) in [5.41, 5.74) is 15.5. The van der Waals surface area contributed by atoms with E-state index in [0.29, 0.717) is 17.4 Å². The molecule has 2 atom stereocenters. The molecule has 2 aromatic carbocycles. The molecule has 146 valence electrons. The van der Waals surface area contributed by atoms with Gasteiger partial charge >= 0.3 is 0 Å². The molecule has 0 heterocycles. The molecule has 0 amide bonds. The van der Waals surface area contributed by atoms with E-state index in [2.05, 4.69) is 17.2 Å². The highest BCUT2D eigenvalue weighted by atomic mass is 19.1. The van der Waals surface area contributed by atoms with E-state index in [1.165, 1.54) is 12.1 Å². The Labute approximate surface area is 165 Å². The normalized spacial score (nSPS) is 20.0. The van der Waals surface area contributed by atoms with Gasteiger partial charge in [-0.3, -0.25) is 0 Å². The molecule has 6 N–H and O–H groups in total. The molecule has 0 saturated heterocycles. The molecule has 5 heteroatoms. The van der Waals surface area contributed by atoms with E-state index in [1.807, 2.05) is 42.5 Å². The number of rotatable bonds is 7. The number of hydrogen-bond donors (Lipinski definition) is 4.